The molecule has 0 bridgehead atoms. The molecule has 0 aliphatic rings. The maximum atomic E-state index is 12.7. The van der Waals surface area contributed by atoms with Crippen LogP contribution in [0.15, 0.2) is 54.7 Å². The summed E-state index contributed by atoms with van der Waals surface area (Å²) in [4.78, 5) is 24.2. The normalized spacial score (nSPS) is 11.6. The number of ether oxygens (including phenoxy) is 2. The van der Waals surface area contributed by atoms with Gasteiger partial charge in [0.2, 0.25) is 0 Å². The third kappa shape index (κ3) is 5.03. The van der Waals surface area contributed by atoms with Crippen molar-refractivity contribution in [3.05, 3.63) is 77.1 Å². The van der Waals surface area contributed by atoms with Gasteiger partial charge in [-0.25, -0.2) is 4.79 Å². The predicted octanol–water partition coefficient (Wildman–Crippen LogP) is 3.18. The molecule has 3 rings (SSSR count). The number of amides is 1. The number of carboxylic acids is 1. The van der Waals surface area contributed by atoms with Crippen LogP contribution in [0.2, 0.25) is 0 Å². The molecule has 0 spiro atoms. The van der Waals surface area contributed by atoms with Gasteiger partial charge in [-0.2, -0.15) is 5.10 Å². The molecule has 1 heterocycles. The molecule has 8 nitrogen and oxygen atoms in total. The van der Waals surface area contributed by atoms with Crippen LogP contribution in [0.5, 0.6) is 11.5 Å². The third-order valence-electron chi connectivity index (χ3n) is 5.00. The second-order valence-electron chi connectivity index (χ2n) is 6.86. The van der Waals surface area contributed by atoms with Crippen molar-refractivity contribution in [1.82, 2.24) is 15.1 Å². The first-order valence-corrected chi connectivity index (χ1v) is 9.84. The molecule has 1 unspecified atom stereocenters. The lowest BCUT2D eigenvalue weighted by Crippen LogP contribution is -2.31. The molecule has 2 aromatic carbocycles. The summed E-state index contributed by atoms with van der Waals surface area (Å²) in [6.07, 6.45) is 2.00. The van der Waals surface area contributed by atoms with Gasteiger partial charge in [-0.3, -0.25) is 9.48 Å². The summed E-state index contributed by atoms with van der Waals surface area (Å²) in [6, 6.07) is 13.8. The van der Waals surface area contributed by atoms with Crippen LogP contribution in [0, 0.1) is 0 Å². The Balaban J connectivity index is 1.88. The number of aromatic nitrogens is 2. The summed E-state index contributed by atoms with van der Waals surface area (Å²) in [6.45, 7) is 2.08. The topological polar surface area (TPSA) is 103 Å². The minimum absolute atomic E-state index is 0.155. The second-order valence-corrected chi connectivity index (χ2v) is 6.86. The Morgan fingerprint density at radius 1 is 1.03 bits per heavy atom. The zero-order chi connectivity index (χ0) is 22.4. The number of aryl methyl sites for hydroxylation is 1. The van der Waals surface area contributed by atoms with Crippen molar-refractivity contribution < 1.29 is 24.2 Å². The summed E-state index contributed by atoms with van der Waals surface area (Å²) >= 11 is 0. The average Bonchev–Trinajstić information content (AvgIpc) is 3.24. The summed E-state index contributed by atoms with van der Waals surface area (Å²) in [5.41, 5.74) is 2.00. The number of aromatic carboxylic acids is 1. The first-order valence-electron chi connectivity index (χ1n) is 9.84. The molecular weight excluding hydrogens is 398 g/mol. The fourth-order valence-electron chi connectivity index (χ4n) is 3.25. The smallest absolute Gasteiger partial charge is 0.339 e. The van der Waals surface area contributed by atoms with E-state index >= 15 is 0 Å². The molecular formula is C23H25N3O5. The molecule has 1 aromatic heterocycles. The highest BCUT2D eigenvalue weighted by molar-refractivity contribution is 5.94. The van der Waals surface area contributed by atoms with E-state index in [-0.39, 0.29) is 18.0 Å². The SMILES string of the molecule is CCc1nn(C(CNC(=O)c2ccc(OC)cc2)c2ccc(OC)cc2)cc1C(=O)O. The van der Waals surface area contributed by atoms with Gasteiger partial charge >= 0.3 is 5.97 Å². The summed E-state index contributed by atoms with van der Waals surface area (Å²) in [7, 11) is 3.15. The van der Waals surface area contributed by atoms with Crippen LogP contribution in [0.3, 0.4) is 0 Å². The van der Waals surface area contributed by atoms with Crippen LogP contribution in [-0.4, -0.2) is 47.5 Å². The van der Waals surface area contributed by atoms with Crippen LogP contribution in [0.1, 0.15) is 44.9 Å². The van der Waals surface area contributed by atoms with Crippen molar-refractivity contribution in [3.63, 3.8) is 0 Å². The van der Waals surface area contributed by atoms with Crippen molar-refractivity contribution in [2.45, 2.75) is 19.4 Å². The van der Waals surface area contributed by atoms with Crippen molar-refractivity contribution in [2.24, 2.45) is 0 Å². The van der Waals surface area contributed by atoms with Crippen LogP contribution in [-0.2, 0) is 6.42 Å². The van der Waals surface area contributed by atoms with Crippen molar-refractivity contribution in [1.29, 1.82) is 0 Å². The molecule has 2 N–H and O–H groups in total. The Labute approximate surface area is 180 Å². The monoisotopic (exact) mass is 423 g/mol. The summed E-state index contributed by atoms with van der Waals surface area (Å²) in [5, 5.41) is 16.9. The maximum absolute atomic E-state index is 12.7. The first kappa shape index (κ1) is 21.9. The fraction of sp³-hybridized carbons (Fsp3) is 0.261. The van der Waals surface area contributed by atoms with E-state index in [0.717, 1.165) is 5.56 Å². The number of methoxy groups -OCH3 is 2. The van der Waals surface area contributed by atoms with Crippen LogP contribution >= 0.6 is 0 Å². The molecule has 1 atom stereocenters. The Morgan fingerprint density at radius 3 is 2.10 bits per heavy atom. The second kappa shape index (κ2) is 9.80. The van der Waals surface area contributed by atoms with Gasteiger partial charge in [-0.1, -0.05) is 19.1 Å². The quantitative estimate of drug-likeness (QED) is 0.548. The molecule has 3 aromatic rings. The Morgan fingerprint density at radius 2 is 1.61 bits per heavy atom. The minimum Gasteiger partial charge on any atom is -0.497 e. The molecule has 0 fully saturated rings. The van der Waals surface area contributed by atoms with Crippen molar-refractivity contribution in [3.8, 4) is 11.5 Å². The summed E-state index contributed by atoms with van der Waals surface area (Å²) < 4.78 is 11.9. The van der Waals surface area contributed by atoms with E-state index in [1.165, 1.54) is 6.20 Å². The number of nitrogens with zero attached hydrogens (tertiary/aromatic N) is 2. The number of rotatable bonds is 9. The summed E-state index contributed by atoms with van der Waals surface area (Å²) in [5.74, 6) is 0.0875. The first-order chi connectivity index (χ1) is 15.0. The van der Waals surface area contributed by atoms with Gasteiger partial charge in [-0.05, 0) is 48.4 Å². The highest BCUT2D eigenvalue weighted by Crippen LogP contribution is 2.23. The van der Waals surface area contributed by atoms with E-state index in [0.29, 0.717) is 29.2 Å². The van der Waals surface area contributed by atoms with E-state index in [2.05, 4.69) is 10.4 Å². The third-order valence-corrected chi connectivity index (χ3v) is 5.00. The number of hydrogen-bond acceptors (Lipinski definition) is 5. The number of carbonyl (C=O) groups excluding carboxylic acids is 1. The van der Waals surface area contributed by atoms with E-state index < -0.39 is 12.0 Å². The Bertz CT molecular complexity index is 1040. The molecule has 0 saturated heterocycles. The number of carbonyl (C=O) groups is 2. The largest absolute Gasteiger partial charge is 0.497 e. The van der Waals surface area contributed by atoms with E-state index in [9.17, 15) is 14.7 Å². The fourth-order valence-corrected chi connectivity index (χ4v) is 3.25. The van der Waals surface area contributed by atoms with E-state index in [1.54, 1.807) is 43.2 Å². The van der Waals surface area contributed by atoms with Crippen LogP contribution in [0.4, 0.5) is 0 Å². The molecule has 162 valence electrons. The zero-order valence-electron chi connectivity index (χ0n) is 17.7. The zero-order valence-corrected chi connectivity index (χ0v) is 17.7. The molecule has 0 saturated carbocycles. The number of hydrogen-bond donors (Lipinski definition) is 2. The molecule has 1 amide bonds. The van der Waals surface area contributed by atoms with Gasteiger partial charge in [0.25, 0.3) is 5.91 Å². The molecule has 0 aliphatic carbocycles. The highest BCUT2D eigenvalue weighted by Gasteiger charge is 2.21. The van der Waals surface area contributed by atoms with Gasteiger partial charge in [0.05, 0.1) is 26.0 Å². The standard InChI is InChI=1S/C23H25N3O5/c1-4-20-19(23(28)29)14-26(25-20)21(15-5-9-17(30-2)10-6-15)13-24-22(27)16-7-11-18(31-3)12-8-16/h5-12,14,21H,4,13H2,1-3H3,(H,24,27)(H,28,29). The van der Waals surface area contributed by atoms with E-state index in [1.807, 2.05) is 31.2 Å². The van der Waals surface area contributed by atoms with Gasteiger partial charge in [0.1, 0.15) is 17.1 Å². The lowest BCUT2D eigenvalue weighted by Gasteiger charge is -2.19. The van der Waals surface area contributed by atoms with Gasteiger partial charge < -0.3 is 19.9 Å². The lowest BCUT2D eigenvalue weighted by atomic mass is 10.1. The lowest BCUT2D eigenvalue weighted by molar-refractivity contribution is 0.0695. The number of nitrogens with one attached hydrogen (secondary N) is 1. The van der Waals surface area contributed by atoms with Gasteiger partial charge in [0.15, 0.2) is 0 Å². The molecule has 0 aliphatic heterocycles. The Kier molecular flexibility index (Phi) is 6.92. The minimum atomic E-state index is -1.03. The predicted molar refractivity (Wildman–Crippen MR) is 115 cm³/mol. The van der Waals surface area contributed by atoms with Gasteiger partial charge in [-0.15, -0.1) is 0 Å². The van der Waals surface area contributed by atoms with Crippen LogP contribution in [0.25, 0.3) is 0 Å². The van der Waals surface area contributed by atoms with E-state index in [4.69, 9.17) is 9.47 Å². The van der Waals surface area contributed by atoms with Gasteiger partial charge in [0, 0.05) is 18.3 Å². The molecule has 0 radical (unpaired) electrons. The highest BCUT2D eigenvalue weighted by atomic mass is 16.5. The van der Waals surface area contributed by atoms with Crippen molar-refractivity contribution in [2.75, 3.05) is 20.8 Å². The number of benzene rings is 2. The maximum Gasteiger partial charge on any atom is 0.339 e. The van der Waals surface area contributed by atoms with Crippen LogP contribution < -0.4 is 14.8 Å². The Hall–Kier alpha value is -3.81. The molecule has 31 heavy (non-hydrogen) atoms. The molecule has 8 heteroatoms. The van der Waals surface area contributed by atoms with Crippen molar-refractivity contribution >= 4 is 11.9 Å². The number of carboxylic acid groups (broad SMARTS) is 1. The average molecular weight is 423 g/mol.